The minimum atomic E-state index is -0.233. The van der Waals surface area contributed by atoms with E-state index in [0.717, 1.165) is 84.6 Å². The fourth-order valence-corrected chi connectivity index (χ4v) is 11.1. The van der Waals surface area contributed by atoms with Crippen molar-refractivity contribution in [1.29, 1.82) is 0 Å². The molecule has 4 heterocycles. The Balaban J connectivity index is 0.000000253. The summed E-state index contributed by atoms with van der Waals surface area (Å²) in [5, 5.41) is 3.38. The standard InChI is InChI=1S/C22H39N3O3.C12H24N2O.C10H15NO3.CH4/c1-5-20(25(6-2)17(4)26)18-8-11-23(12-9-18)19-14-22(15-19)10-13-24(16-22)21(27)28-7-3;1-4-12(14(5-2)10(3)15)11-6-8-13-9-7-11;1-2-14-9(13)11-4-3-10(7-11)5-8(12)6-10;/h18-20H,5-16H2,1-4H3;11-13H,4-9H2,1-3H3;2-7H2,1H3;1H4. The molecule has 0 aromatic carbocycles. The van der Waals surface area contributed by atoms with Crippen LogP contribution in [0.1, 0.15) is 140 Å². The van der Waals surface area contributed by atoms with Gasteiger partial charge in [-0.1, -0.05) is 21.3 Å². The Labute approximate surface area is 351 Å². The molecule has 6 fully saturated rings. The number of carbonyl (C=O) groups excluding carboxylic acids is 5. The zero-order chi connectivity index (χ0) is 41.8. The van der Waals surface area contributed by atoms with Gasteiger partial charge in [-0.3, -0.25) is 14.4 Å². The summed E-state index contributed by atoms with van der Waals surface area (Å²) in [4.78, 5) is 68.2. The van der Waals surface area contributed by atoms with Crippen LogP contribution in [0.3, 0.4) is 0 Å². The van der Waals surface area contributed by atoms with E-state index in [1.54, 1.807) is 25.7 Å². The normalized spacial score (nSPS) is 25.2. The maximum absolute atomic E-state index is 12.0. The van der Waals surface area contributed by atoms with Crippen LogP contribution < -0.4 is 5.32 Å². The molecule has 4 saturated heterocycles. The number of hydrogen-bond donors (Lipinski definition) is 1. The monoisotopic (exact) mass is 819 g/mol. The van der Waals surface area contributed by atoms with E-state index in [-0.39, 0.29) is 36.8 Å². The Morgan fingerprint density at radius 1 is 0.690 bits per heavy atom. The van der Waals surface area contributed by atoms with E-state index in [4.69, 9.17) is 9.47 Å². The lowest BCUT2D eigenvalue weighted by molar-refractivity contribution is -0.133. The van der Waals surface area contributed by atoms with Crippen molar-refractivity contribution in [3.63, 3.8) is 0 Å². The molecule has 0 aromatic rings. The lowest BCUT2D eigenvalue weighted by atomic mass is 9.64. The number of amides is 4. The Kier molecular flexibility index (Phi) is 19.7. The molecule has 2 spiro atoms. The molecule has 13 heteroatoms. The Morgan fingerprint density at radius 3 is 1.52 bits per heavy atom. The molecule has 0 bridgehead atoms. The second kappa shape index (κ2) is 23.2. The molecule has 4 amide bonds. The number of nitrogens with one attached hydrogen (secondary N) is 1. The van der Waals surface area contributed by atoms with E-state index in [2.05, 4.69) is 42.8 Å². The number of nitrogens with zero attached hydrogens (tertiary/aromatic N) is 5. The predicted molar refractivity (Wildman–Crippen MR) is 229 cm³/mol. The van der Waals surface area contributed by atoms with Gasteiger partial charge in [0.2, 0.25) is 11.8 Å². The minimum Gasteiger partial charge on any atom is -0.450 e. The lowest BCUT2D eigenvalue weighted by Crippen LogP contribution is -2.55. The van der Waals surface area contributed by atoms with Gasteiger partial charge in [-0.15, -0.1) is 0 Å². The van der Waals surface area contributed by atoms with Crippen molar-refractivity contribution in [2.24, 2.45) is 22.7 Å². The van der Waals surface area contributed by atoms with Gasteiger partial charge >= 0.3 is 12.2 Å². The average Bonchev–Trinajstić information content (AvgIpc) is 3.83. The van der Waals surface area contributed by atoms with Crippen LogP contribution in [0.4, 0.5) is 9.59 Å². The summed E-state index contributed by atoms with van der Waals surface area (Å²) in [6.45, 7) is 25.9. The molecule has 2 aliphatic carbocycles. The molecular weight excluding hydrogens is 737 g/mol. The first-order valence-electron chi connectivity index (χ1n) is 22.6. The summed E-state index contributed by atoms with van der Waals surface area (Å²) >= 11 is 0. The fraction of sp³-hybridized carbons (Fsp3) is 0.889. The molecule has 2 saturated carbocycles. The van der Waals surface area contributed by atoms with Crippen LogP contribution in [0.5, 0.6) is 0 Å². The fourth-order valence-electron chi connectivity index (χ4n) is 11.1. The Bertz CT molecular complexity index is 1320. The molecule has 58 heavy (non-hydrogen) atoms. The number of Topliss-reactive ketones (excluding diaryl/α,β-unsaturated/α-hetero) is 1. The zero-order valence-corrected chi connectivity index (χ0v) is 37.0. The van der Waals surface area contributed by atoms with Crippen molar-refractivity contribution in [2.45, 2.75) is 158 Å². The summed E-state index contributed by atoms with van der Waals surface area (Å²) < 4.78 is 10.1. The van der Waals surface area contributed by atoms with E-state index in [0.29, 0.717) is 73.8 Å². The van der Waals surface area contributed by atoms with E-state index in [9.17, 15) is 24.0 Å². The van der Waals surface area contributed by atoms with E-state index >= 15 is 0 Å². The van der Waals surface area contributed by atoms with Gasteiger partial charge < -0.3 is 39.3 Å². The third-order valence-electron chi connectivity index (χ3n) is 14.1. The molecule has 2 atom stereocenters. The summed E-state index contributed by atoms with van der Waals surface area (Å²) in [7, 11) is 0. The largest absolute Gasteiger partial charge is 0.450 e. The second-order valence-corrected chi connectivity index (χ2v) is 17.7. The highest BCUT2D eigenvalue weighted by molar-refractivity contribution is 5.86. The summed E-state index contributed by atoms with van der Waals surface area (Å²) in [5.74, 6) is 2.09. The molecule has 0 radical (unpaired) electrons. The predicted octanol–water partition coefficient (Wildman–Crippen LogP) is 6.82. The van der Waals surface area contributed by atoms with E-state index in [1.165, 1.54) is 38.5 Å². The molecule has 4 aliphatic heterocycles. The van der Waals surface area contributed by atoms with Crippen molar-refractivity contribution in [3.05, 3.63) is 0 Å². The quantitative estimate of drug-likeness (QED) is 0.239. The summed E-state index contributed by atoms with van der Waals surface area (Å²) in [6, 6.07) is 1.53. The second-order valence-electron chi connectivity index (χ2n) is 17.7. The Morgan fingerprint density at radius 2 is 1.12 bits per heavy atom. The minimum absolute atomic E-state index is 0. The number of piperidine rings is 2. The van der Waals surface area contributed by atoms with Gasteiger partial charge in [0.25, 0.3) is 0 Å². The van der Waals surface area contributed by atoms with Gasteiger partial charge in [-0.05, 0) is 135 Å². The van der Waals surface area contributed by atoms with E-state index < -0.39 is 0 Å². The van der Waals surface area contributed by atoms with Gasteiger partial charge in [0.1, 0.15) is 5.78 Å². The molecule has 2 unspecified atom stereocenters. The van der Waals surface area contributed by atoms with Gasteiger partial charge in [0, 0.05) is 89.5 Å². The van der Waals surface area contributed by atoms with Crippen molar-refractivity contribution >= 4 is 29.8 Å². The smallest absolute Gasteiger partial charge is 0.409 e. The molecule has 6 aliphatic rings. The number of likely N-dealkylation sites (tertiary alicyclic amines) is 3. The SMILES string of the molecule is C.CCC(C1CCNCC1)N(CC)C(C)=O.CCOC(=O)N1CCC2(CC(=O)C2)C1.CCOC(=O)N1CCC2(CC(N3CCC(C(CC)N(CC)C(C)=O)CC3)C2)C1. The van der Waals surface area contributed by atoms with Gasteiger partial charge in [0.05, 0.1) is 13.2 Å². The van der Waals surface area contributed by atoms with Gasteiger partial charge in [-0.2, -0.15) is 0 Å². The first kappa shape index (κ1) is 49.4. The van der Waals surface area contributed by atoms with Crippen LogP contribution in [0, 0.1) is 22.7 Å². The van der Waals surface area contributed by atoms with Crippen LogP contribution in [0.15, 0.2) is 0 Å². The third kappa shape index (κ3) is 12.6. The maximum atomic E-state index is 12.0. The van der Waals surface area contributed by atoms with E-state index in [1.807, 2.05) is 16.7 Å². The average molecular weight is 819 g/mol. The topological polar surface area (TPSA) is 132 Å². The van der Waals surface area contributed by atoms with Gasteiger partial charge in [0.15, 0.2) is 0 Å². The number of carbonyl (C=O) groups is 5. The third-order valence-corrected chi connectivity index (χ3v) is 14.1. The number of rotatable bonds is 11. The molecular formula is C45H82N6O7. The number of ether oxygens (including phenoxy) is 2. The van der Waals surface area contributed by atoms with Crippen LogP contribution in [0.25, 0.3) is 0 Å². The maximum Gasteiger partial charge on any atom is 0.409 e. The van der Waals surface area contributed by atoms with Gasteiger partial charge in [-0.25, -0.2) is 9.59 Å². The lowest BCUT2D eigenvalue weighted by Gasteiger charge is -2.52. The highest BCUT2D eigenvalue weighted by atomic mass is 16.6. The molecule has 6 rings (SSSR count). The molecule has 1 N–H and O–H groups in total. The first-order valence-corrected chi connectivity index (χ1v) is 22.6. The molecule has 13 nitrogen and oxygen atoms in total. The summed E-state index contributed by atoms with van der Waals surface area (Å²) in [5.41, 5.74) is 0.456. The van der Waals surface area contributed by atoms with Crippen molar-refractivity contribution in [2.75, 3.05) is 78.7 Å². The van der Waals surface area contributed by atoms with Crippen LogP contribution in [-0.4, -0.2) is 151 Å². The van der Waals surface area contributed by atoms with Crippen LogP contribution >= 0.6 is 0 Å². The van der Waals surface area contributed by atoms with Crippen molar-refractivity contribution < 1.29 is 33.4 Å². The van der Waals surface area contributed by atoms with Crippen molar-refractivity contribution in [3.8, 4) is 0 Å². The number of hydrogen-bond acceptors (Lipinski definition) is 9. The van der Waals surface area contributed by atoms with Crippen LogP contribution in [-0.2, 0) is 23.9 Å². The first-order chi connectivity index (χ1) is 27.3. The molecule has 0 aromatic heterocycles. The summed E-state index contributed by atoms with van der Waals surface area (Å²) in [6.07, 6.45) is 12.4. The number of ketones is 1. The molecule has 334 valence electrons. The van der Waals surface area contributed by atoms with Crippen molar-refractivity contribution in [1.82, 2.24) is 29.8 Å². The highest BCUT2D eigenvalue weighted by Crippen LogP contribution is 2.51. The Hall–Kier alpha value is -2.93. The van der Waals surface area contributed by atoms with Crippen LogP contribution in [0.2, 0.25) is 0 Å². The zero-order valence-electron chi connectivity index (χ0n) is 37.0. The highest BCUT2D eigenvalue weighted by Gasteiger charge is 2.52.